The molecule has 0 atom stereocenters. The number of hydrogen-bond donors (Lipinski definition) is 1. The largest absolute Gasteiger partial charge is 0.465 e. The molecule has 0 saturated heterocycles. The van der Waals surface area contributed by atoms with Gasteiger partial charge in [-0.15, -0.1) is 0 Å². The Balaban J connectivity index is 2.49. The van der Waals surface area contributed by atoms with Crippen molar-refractivity contribution in [2.24, 2.45) is 0 Å². The highest BCUT2D eigenvalue weighted by Crippen LogP contribution is 2.21. The van der Waals surface area contributed by atoms with Crippen molar-refractivity contribution in [1.29, 1.82) is 0 Å². The maximum Gasteiger partial charge on any atom is 0.390 e. The lowest BCUT2D eigenvalue weighted by molar-refractivity contribution is -0.137. The van der Waals surface area contributed by atoms with E-state index in [0.29, 0.717) is 24.9 Å². The fraction of sp³-hybridized carbons (Fsp3) is 0.714. The van der Waals surface area contributed by atoms with Gasteiger partial charge in [0.1, 0.15) is 11.5 Å². The summed E-state index contributed by atoms with van der Waals surface area (Å²) in [6.45, 7) is 7.06. The molecule has 0 spiro atoms. The van der Waals surface area contributed by atoms with Crippen LogP contribution in [0.3, 0.4) is 0 Å². The van der Waals surface area contributed by atoms with E-state index in [4.69, 9.17) is 4.42 Å². The topological polar surface area (TPSA) is 28.4 Å². The van der Waals surface area contributed by atoms with Crippen LogP contribution >= 0.6 is 0 Å². The van der Waals surface area contributed by atoms with Gasteiger partial charge in [0.15, 0.2) is 0 Å². The van der Waals surface area contributed by atoms with Crippen LogP contribution < -0.4 is 5.32 Å². The van der Waals surface area contributed by atoms with Gasteiger partial charge in [-0.25, -0.2) is 0 Å². The molecule has 0 bridgehead atoms. The first-order chi connectivity index (χ1) is 9.17. The van der Waals surface area contributed by atoms with E-state index in [0.717, 1.165) is 11.3 Å². The summed E-state index contributed by atoms with van der Waals surface area (Å²) in [6.07, 6.45) is -4.91. The lowest BCUT2D eigenvalue weighted by Crippen LogP contribution is -2.24. The first kappa shape index (κ1) is 17.0. The molecule has 0 amide bonds. The minimum atomic E-state index is -4.11. The van der Waals surface area contributed by atoms with Crippen LogP contribution in [-0.2, 0) is 13.1 Å². The Morgan fingerprint density at radius 3 is 2.55 bits per heavy atom. The van der Waals surface area contributed by atoms with E-state index in [9.17, 15) is 13.2 Å². The molecule has 6 heteroatoms. The molecule has 0 saturated carbocycles. The fourth-order valence-corrected chi connectivity index (χ4v) is 1.82. The van der Waals surface area contributed by atoms with Gasteiger partial charge in [0.25, 0.3) is 0 Å². The van der Waals surface area contributed by atoms with Crippen LogP contribution in [0.4, 0.5) is 13.2 Å². The molecule has 1 aromatic heterocycles. The zero-order chi connectivity index (χ0) is 15.3. The van der Waals surface area contributed by atoms with E-state index in [-0.39, 0.29) is 6.54 Å². The van der Waals surface area contributed by atoms with Crippen molar-refractivity contribution in [2.45, 2.75) is 52.5 Å². The molecule has 0 fully saturated rings. The normalized spacial score (nSPS) is 12.7. The van der Waals surface area contributed by atoms with Gasteiger partial charge in [-0.2, -0.15) is 13.2 Å². The van der Waals surface area contributed by atoms with Crippen molar-refractivity contribution >= 4 is 0 Å². The summed E-state index contributed by atoms with van der Waals surface area (Å²) >= 11 is 0. The number of aryl methyl sites for hydroxylation is 1. The zero-order valence-corrected chi connectivity index (χ0v) is 12.5. The molecule has 0 aliphatic rings. The second-order valence-corrected chi connectivity index (χ2v) is 5.43. The number of nitrogens with one attached hydrogen (secondary N) is 1. The summed E-state index contributed by atoms with van der Waals surface area (Å²) in [5, 5.41) is 3.29. The number of hydrogen-bond acceptors (Lipinski definition) is 3. The molecular formula is C14H23F3N2O. The van der Waals surface area contributed by atoms with Crippen LogP contribution in [-0.4, -0.2) is 30.7 Å². The zero-order valence-electron chi connectivity index (χ0n) is 12.5. The summed E-state index contributed by atoms with van der Waals surface area (Å²) < 4.78 is 42.0. The smallest absolute Gasteiger partial charge is 0.390 e. The van der Waals surface area contributed by atoms with E-state index in [1.807, 2.05) is 13.0 Å². The van der Waals surface area contributed by atoms with Crippen LogP contribution in [0.2, 0.25) is 0 Å². The molecule has 1 N–H and O–H groups in total. The van der Waals surface area contributed by atoms with Crippen molar-refractivity contribution in [3.05, 3.63) is 23.2 Å². The molecule has 3 nitrogen and oxygen atoms in total. The minimum Gasteiger partial charge on any atom is -0.465 e. The number of rotatable bonds is 7. The summed E-state index contributed by atoms with van der Waals surface area (Å²) in [6, 6.07) is 2.29. The third kappa shape index (κ3) is 6.43. The second-order valence-electron chi connectivity index (χ2n) is 5.43. The molecule has 1 rings (SSSR count). The lowest BCUT2D eigenvalue weighted by Gasteiger charge is -2.16. The number of halogens is 3. The van der Waals surface area contributed by atoms with Crippen LogP contribution in [0.25, 0.3) is 0 Å². The van der Waals surface area contributed by atoms with Crippen molar-refractivity contribution in [1.82, 2.24) is 10.2 Å². The maximum atomic E-state index is 12.1. The standard InChI is InChI=1S/C14H23F3N2O/c1-10(2)18-8-12-7-13(20-11(12)3)9-19(4)6-5-14(15,16)17/h7,10,18H,5-6,8-9H2,1-4H3. The van der Waals surface area contributed by atoms with Gasteiger partial charge in [-0.3, -0.25) is 4.90 Å². The predicted molar refractivity (Wildman–Crippen MR) is 72.4 cm³/mol. The molecule has 0 aliphatic heterocycles. The Hall–Kier alpha value is -1.01. The summed E-state index contributed by atoms with van der Waals surface area (Å²) in [4.78, 5) is 1.62. The van der Waals surface area contributed by atoms with E-state index >= 15 is 0 Å². The van der Waals surface area contributed by atoms with E-state index in [2.05, 4.69) is 19.2 Å². The van der Waals surface area contributed by atoms with Crippen LogP contribution in [0.5, 0.6) is 0 Å². The van der Waals surface area contributed by atoms with Crippen LogP contribution in [0.15, 0.2) is 10.5 Å². The predicted octanol–water partition coefficient (Wildman–Crippen LogP) is 3.47. The Morgan fingerprint density at radius 2 is 2.00 bits per heavy atom. The number of furan rings is 1. The number of alkyl halides is 3. The van der Waals surface area contributed by atoms with Crippen LogP contribution in [0, 0.1) is 6.92 Å². The van der Waals surface area contributed by atoms with Gasteiger partial charge in [-0.1, -0.05) is 13.8 Å². The number of nitrogens with zero attached hydrogens (tertiary/aromatic N) is 1. The molecule has 0 aromatic carbocycles. The molecule has 1 heterocycles. The first-order valence-corrected chi connectivity index (χ1v) is 6.74. The Labute approximate surface area is 118 Å². The van der Waals surface area contributed by atoms with Gasteiger partial charge < -0.3 is 9.73 Å². The lowest BCUT2D eigenvalue weighted by atomic mass is 10.2. The van der Waals surface area contributed by atoms with Crippen molar-refractivity contribution in [2.75, 3.05) is 13.6 Å². The average molecular weight is 292 g/mol. The quantitative estimate of drug-likeness (QED) is 0.834. The molecular weight excluding hydrogens is 269 g/mol. The van der Waals surface area contributed by atoms with Gasteiger partial charge >= 0.3 is 6.18 Å². The highest BCUT2D eigenvalue weighted by Gasteiger charge is 2.27. The molecule has 1 aromatic rings. The Morgan fingerprint density at radius 1 is 1.35 bits per heavy atom. The van der Waals surface area contributed by atoms with E-state index in [1.54, 1.807) is 11.9 Å². The van der Waals surface area contributed by atoms with Crippen molar-refractivity contribution in [3.8, 4) is 0 Å². The summed E-state index contributed by atoms with van der Waals surface area (Å²) in [5.74, 6) is 1.52. The second kappa shape index (κ2) is 7.13. The van der Waals surface area contributed by atoms with Crippen molar-refractivity contribution in [3.63, 3.8) is 0 Å². The third-order valence-corrected chi connectivity index (χ3v) is 2.98. The van der Waals surface area contributed by atoms with Gasteiger partial charge in [0.05, 0.1) is 13.0 Å². The molecule has 0 radical (unpaired) electrons. The average Bonchev–Trinajstić information content (AvgIpc) is 2.63. The third-order valence-electron chi connectivity index (χ3n) is 2.98. The maximum absolute atomic E-state index is 12.1. The van der Waals surface area contributed by atoms with Crippen molar-refractivity contribution < 1.29 is 17.6 Å². The van der Waals surface area contributed by atoms with Gasteiger partial charge in [0.2, 0.25) is 0 Å². The monoisotopic (exact) mass is 292 g/mol. The highest BCUT2D eigenvalue weighted by molar-refractivity contribution is 5.20. The SMILES string of the molecule is Cc1oc(CN(C)CCC(F)(F)F)cc1CNC(C)C. The molecule has 0 unspecified atom stereocenters. The highest BCUT2D eigenvalue weighted by atomic mass is 19.4. The minimum absolute atomic E-state index is 0.0250. The molecule has 0 aliphatic carbocycles. The first-order valence-electron chi connectivity index (χ1n) is 6.74. The van der Waals surface area contributed by atoms with Gasteiger partial charge in [0, 0.05) is 24.7 Å². The summed E-state index contributed by atoms with van der Waals surface area (Å²) in [7, 11) is 1.66. The molecule has 116 valence electrons. The van der Waals surface area contributed by atoms with E-state index in [1.165, 1.54) is 0 Å². The Bertz CT molecular complexity index is 413. The van der Waals surface area contributed by atoms with E-state index < -0.39 is 12.6 Å². The fourth-order valence-electron chi connectivity index (χ4n) is 1.82. The Kier molecular flexibility index (Phi) is 6.07. The van der Waals surface area contributed by atoms with Crippen LogP contribution in [0.1, 0.15) is 37.4 Å². The van der Waals surface area contributed by atoms with Gasteiger partial charge in [-0.05, 0) is 20.0 Å². The molecule has 20 heavy (non-hydrogen) atoms. The summed E-state index contributed by atoms with van der Waals surface area (Å²) in [5.41, 5.74) is 1.05.